The molecule has 0 aliphatic heterocycles. The smallest absolute Gasteiger partial charge is 0.347 e. The largest absolute Gasteiger partial charge is 0.492 e. The highest BCUT2D eigenvalue weighted by Gasteiger charge is 2.36. The predicted octanol–water partition coefficient (Wildman–Crippen LogP) is 3.68. The van der Waals surface area contributed by atoms with Crippen LogP contribution in [0.2, 0.25) is 0 Å². The number of benzene rings is 1. The number of aromatic hydroxyl groups is 1. The van der Waals surface area contributed by atoms with Crippen molar-refractivity contribution in [2.45, 2.75) is 53.1 Å². The number of amides is 1. The van der Waals surface area contributed by atoms with Crippen LogP contribution in [0.5, 0.6) is 5.88 Å². The Hall–Kier alpha value is -3.29. The van der Waals surface area contributed by atoms with Crippen molar-refractivity contribution in [2.75, 3.05) is 5.43 Å². The van der Waals surface area contributed by atoms with Crippen LogP contribution < -0.4 is 11.1 Å². The van der Waals surface area contributed by atoms with Gasteiger partial charge in [0, 0.05) is 0 Å². The first-order valence-corrected chi connectivity index (χ1v) is 10.7. The Kier molecular flexibility index (Phi) is 8.46. The maximum atomic E-state index is 13.2. The number of allylic oxidation sites excluding steroid dienone is 1. The quantitative estimate of drug-likeness (QED) is 0.512. The van der Waals surface area contributed by atoms with Crippen LogP contribution in [0.25, 0.3) is 6.08 Å². The summed E-state index contributed by atoms with van der Waals surface area (Å²) in [6, 6.07) is 9.64. The number of hydrogen-bond acceptors (Lipinski definition) is 5. The number of H-pyrrole nitrogens is 1. The summed E-state index contributed by atoms with van der Waals surface area (Å²) in [5, 5.41) is 9.83. The fourth-order valence-corrected chi connectivity index (χ4v) is 3.34. The number of carbonyl (C=O) groups is 2. The summed E-state index contributed by atoms with van der Waals surface area (Å²) < 4.78 is 6.34. The lowest BCUT2D eigenvalue weighted by molar-refractivity contribution is -0.163. The number of hydrogen-bond donors (Lipinski definition) is 3. The number of ether oxygens (including phenoxy) is 1. The Labute approximate surface area is 188 Å². The molecular formula is C24H33N3O5. The van der Waals surface area contributed by atoms with Gasteiger partial charge >= 0.3 is 11.7 Å². The van der Waals surface area contributed by atoms with Crippen molar-refractivity contribution in [1.29, 1.82) is 0 Å². The molecule has 1 aromatic carbocycles. The number of nitrogens with zero attached hydrogens (tertiary/aromatic N) is 1. The van der Waals surface area contributed by atoms with Crippen LogP contribution in [-0.4, -0.2) is 32.2 Å². The Balaban J connectivity index is 2.34. The summed E-state index contributed by atoms with van der Waals surface area (Å²) in [4.78, 5) is 40.4. The zero-order chi connectivity index (χ0) is 23.9. The van der Waals surface area contributed by atoms with Gasteiger partial charge in [0.05, 0.1) is 18.0 Å². The lowest BCUT2D eigenvalue weighted by Gasteiger charge is -2.29. The van der Waals surface area contributed by atoms with Crippen LogP contribution in [-0.2, 0) is 14.3 Å². The van der Waals surface area contributed by atoms with Gasteiger partial charge in [-0.3, -0.25) is 15.0 Å². The topological polar surface area (TPSA) is 113 Å². The van der Waals surface area contributed by atoms with Crippen molar-refractivity contribution < 1.29 is 19.4 Å². The second-order valence-corrected chi connectivity index (χ2v) is 9.19. The molecule has 0 saturated carbocycles. The Morgan fingerprint density at radius 2 is 1.84 bits per heavy atom. The summed E-state index contributed by atoms with van der Waals surface area (Å²) in [7, 11) is 0. The van der Waals surface area contributed by atoms with E-state index in [0.717, 1.165) is 16.4 Å². The molecule has 0 unspecified atom stereocenters. The zero-order valence-corrected chi connectivity index (χ0v) is 19.3. The van der Waals surface area contributed by atoms with E-state index >= 15 is 0 Å². The molecule has 0 saturated heterocycles. The first-order valence-electron chi connectivity index (χ1n) is 10.7. The van der Waals surface area contributed by atoms with Gasteiger partial charge in [-0.15, -0.1) is 0 Å². The molecule has 1 heterocycles. The van der Waals surface area contributed by atoms with Gasteiger partial charge in [-0.25, -0.2) is 4.79 Å². The average Bonchev–Trinajstić information content (AvgIpc) is 3.01. The Morgan fingerprint density at radius 1 is 1.19 bits per heavy atom. The van der Waals surface area contributed by atoms with Crippen molar-refractivity contribution in [3.05, 3.63) is 58.7 Å². The van der Waals surface area contributed by atoms with Gasteiger partial charge in [0.1, 0.15) is 5.60 Å². The third-order valence-electron chi connectivity index (χ3n) is 4.74. The fourth-order valence-electron chi connectivity index (χ4n) is 3.34. The van der Waals surface area contributed by atoms with E-state index in [-0.39, 0.29) is 12.3 Å². The molecule has 0 radical (unpaired) electrons. The minimum Gasteiger partial charge on any atom is -0.492 e. The lowest BCUT2D eigenvalue weighted by atomic mass is 9.82. The molecule has 0 bridgehead atoms. The summed E-state index contributed by atoms with van der Waals surface area (Å²) in [5.41, 5.74) is 2.00. The molecule has 1 amide bonds. The van der Waals surface area contributed by atoms with Crippen LogP contribution in [0, 0.1) is 17.8 Å². The number of aromatic amines is 1. The lowest BCUT2D eigenvalue weighted by Crippen LogP contribution is -2.42. The standard InChI is InChI=1S/C24H33N3O5/c1-16(2)14-19(21(29)26-27-20(28)15-25-23(27)31)18(22(30)32-24(3,4)5)13-9-12-17-10-7-6-8-11-17/h6-12,15-16,18-19,28H,13-14H2,1-5H3,(H,25,31)(H,26,29)/t18-,19-/m0/s1. The molecule has 0 fully saturated rings. The van der Waals surface area contributed by atoms with Crippen LogP contribution in [0.3, 0.4) is 0 Å². The molecule has 3 N–H and O–H groups in total. The van der Waals surface area contributed by atoms with Crippen molar-refractivity contribution in [3.8, 4) is 5.88 Å². The Bertz CT molecular complexity index is 983. The summed E-state index contributed by atoms with van der Waals surface area (Å²) in [6.07, 6.45) is 5.50. The number of esters is 1. The van der Waals surface area contributed by atoms with Crippen LogP contribution >= 0.6 is 0 Å². The van der Waals surface area contributed by atoms with E-state index in [1.807, 2.05) is 56.3 Å². The maximum Gasteiger partial charge on any atom is 0.347 e. The number of carbonyl (C=O) groups excluding carboxylic acids is 2. The molecule has 8 nitrogen and oxygen atoms in total. The highest BCUT2D eigenvalue weighted by molar-refractivity contribution is 5.90. The summed E-state index contributed by atoms with van der Waals surface area (Å²) >= 11 is 0. The Morgan fingerprint density at radius 3 is 2.38 bits per heavy atom. The van der Waals surface area contributed by atoms with E-state index < -0.39 is 40.9 Å². The molecular weight excluding hydrogens is 410 g/mol. The van der Waals surface area contributed by atoms with Crippen molar-refractivity contribution in [3.63, 3.8) is 0 Å². The van der Waals surface area contributed by atoms with Crippen LogP contribution in [0.1, 0.15) is 53.0 Å². The minimum absolute atomic E-state index is 0.102. The third kappa shape index (κ3) is 7.44. The van der Waals surface area contributed by atoms with Gasteiger partial charge < -0.3 is 14.8 Å². The van der Waals surface area contributed by atoms with E-state index in [0.29, 0.717) is 6.42 Å². The monoisotopic (exact) mass is 443 g/mol. The van der Waals surface area contributed by atoms with Gasteiger partial charge in [0.2, 0.25) is 11.8 Å². The van der Waals surface area contributed by atoms with E-state index in [2.05, 4.69) is 10.4 Å². The van der Waals surface area contributed by atoms with E-state index in [1.54, 1.807) is 20.8 Å². The molecule has 0 aliphatic rings. The molecule has 174 valence electrons. The van der Waals surface area contributed by atoms with Crippen molar-refractivity contribution in [2.24, 2.45) is 17.8 Å². The minimum atomic E-state index is -0.772. The van der Waals surface area contributed by atoms with E-state index in [4.69, 9.17) is 4.74 Å². The van der Waals surface area contributed by atoms with E-state index in [1.165, 1.54) is 0 Å². The summed E-state index contributed by atoms with van der Waals surface area (Å²) in [5.74, 6) is -2.89. The van der Waals surface area contributed by atoms with E-state index in [9.17, 15) is 19.5 Å². The van der Waals surface area contributed by atoms with Crippen LogP contribution in [0.4, 0.5) is 0 Å². The summed E-state index contributed by atoms with van der Waals surface area (Å²) in [6.45, 7) is 9.22. The highest BCUT2D eigenvalue weighted by Crippen LogP contribution is 2.28. The first kappa shape index (κ1) is 25.0. The SMILES string of the molecule is CC(C)C[C@H](C(=O)Nn1c(O)c[nH]c1=O)[C@H](CC=Cc1ccccc1)C(=O)OC(C)(C)C. The van der Waals surface area contributed by atoms with Gasteiger partial charge in [-0.05, 0) is 45.1 Å². The number of nitrogens with one attached hydrogen (secondary N) is 2. The maximum absolute atomic E-state index is 13.2. The second kappa shape index (κ2) is 10.8. The molecule has 2 aromatic rings. The van der Waals surface area contributed by atoms with Gasteiger partial charge in [-0.2, -0.15) is 4.68 Å². The fraction of sp³-hybridized carbons (Fsp3) is 0.458. The first-order chi connectivity index (χ1) is 15.0. The highest BCUT2D eigenvalue weighted by atomic mass is 16.6. The second-order valence-electron chi connectivity index (χ2n) is 9.19. The average molecular weight is 444 g/mol. The van der Waals surface area contributed by atoms with Crippen molar-refractivity contribution >= 4 is 18.0 Å². The molecule has 2 rings (SSSR count). The number of rotatable bonds is 9. The van der Waals surface area contributed by atoms with Gasteiger partial charge in [0.25, 0.3) is 0 Å². The molecule has 2 atom stereocenters. The molecule has 32 heavy (non-hydrogen) atoms. The van der Waals surface area contributed by atoms with Crippen LogP contribution in [0.15, 0.2) is 47.4 Å². The third-order valence-corrected chi connectivity index (χ3v) is 4.74. The van der Waals surface area contributed by atoms with Gasteiger partial charge in [0.15, 0.2) is 0 Å². The predicted molar refractivity (Wildman–Crippen MR) is 123 cm³/mol. The number of imidazole rings is 1. The normalized spacial score (nSPS) is 13.8. The zero-order valence-electron chi connectivity index (χ0n) is 19.3. The molecule has 8 heteroatoms. The van der Waals surface area contributed by atoms with Crippen molar-refractivity contribution in [1.82, 2.24) is 9.66 Å². The number of aromatic nitrogens is 2. The molecule has 0 aliphatic carbocycles. The molecule has 1 aromatic heterocycles. The van der Waals surface area contributed by atoms with Gasteiger partial charge in [-0.1, -0.05) is 56.3 Å². The molecule has 0 spiro atoms.